The van der Waals surface area contributed by atoms with Crippen LogP contribution in [0.4, 0.5) is 8.78 Å². The maximum Gasteiger partial charge on any atom is 0.313 e. The predicted molar refractivity (Wildman–Crippen MR) is 69.8 cm³/mol. The molecule has 2 aromatic rings. The van der Waals surface area contributed by atoms with Crippen molar-refractivity contribution in [1.29, 1.82) is 0 Å². The Morgan fingerprint density at radius 1 is 1.33 bits per heavy atom. The molecule has 0 aliphatic rings. The zero-order chi connectivity index (χ0) is 15.4. The number of aliphatic hydroxyl groups excluding tert-OH is 1. The summed E-state index contributed by atoms with van der Waals surface area (Å²) in [5.74, 6) is -2.53. The van der Waals surface area contributed by atoms with Gasteiger partial charge in [0.05, 0.1) is 12.3 Å². The van der Waals surface area contributed by atoms with E-state index in [2.05, 4.69) is 10.2 Å². The third-order valence-electron chi connectivity index (χ3n) is 2.60. The molecule has 1 heterocycles. The molecule has 112 valence electrons. The van der Waals surface area contributed by atoms with Crippen molar-refractivity contribution in [3.8, 4) is 0 Å². The first-order chi connectivity index (χ1) is 10.0. The van der Waals surface area contributed by atoms with Gasteiger partial charge < -0.3 is 10.2 Å². The number of hydrogen-bond donors (Lipinski definition) is 2. The molecule has 0 aliphatic carbocycles. The third-order valence-corrected chi connectivity index (χ3v) is 3.55. The average Bonchev–Trinajstić information content (AvgIpc) is 2.81. The second kappa shape index (κ2) is 6.64. The van der Waals surface area contributed by atoms with E-state index in [1.54, 1.807) is 0 Å². The van der Waals surface area contributed by atoms with Gasteiger partial charge in [0.2, 0.25) is 0 Å². The Morgan fingerprint density at radius 3 is 2.71 bits per heavy atom. The van der Waals surface area contributed by atoms with Crippen molar-refractivity contribution in [1.82, 2.24) is 14.8 Å². The van der Waals surface area contributed by atoms with Gasteiger partial charge in [0.15, 0.2) is 11.0 Å². The smallest absolute Gasteiger partial charge is 0.313 e. The summed E-state index contributed by atoms with van der Waals surface area (Å²) in [6.45, 7) is -0.458. The van der Waals surface area contributed by atoms with Crippen LogP contribution in [0, 0.1) is 11.6 Å². The normalized spacial score (nSPS) is 10.8. The molecular weight excluding hydrogens is 304 g/mol. The Hall–Kier alpha value is -2.00. The second-order valence-electron chi connectivity index (χ2n) is 4.06. The van der Waals surface area contributed by atoms with Crippen LogP contribution in [0.2, 0.25) is 0 Å². The fourth-order valence-electron chi connectivity index (χ4n) is 1.65. The van der Waals surface area contributed by atoms with Gasteiger partial charge in [0.25, 0.3) is 0 Å². The molecule has 0 saturated heterocycles. The third kappa shape index (κ3) is 3.76. The van der Waals surface area contributed by atoms with Crippen molar-refractivity contribution in [2.75, 3.05) is 5.75 Å². The van der Waals surface area contributed by atoms with Crippen LogP contribution in [0.5, 0.6) is 0 Å². The van der Waals surface area contributed by atoms with Gasteiger partial charge in [-0.3, -0.25) is 9.36 Å². The number of benzene rings is 1. The lowest BCUT2D eigenvalue weighted by Crippen LogP contribution is -2.09. The van der Waals surface area contributed by atoms with Crippen molar-refractivity contribution < 1.29 is 23.8 Å². The molecule has 0 aliphatic heterocycles. The monoisotopic (exact) mass is 315 g/mol. The number of aliphatic carboxylic acids is 1. The highest BCUT2D eigenvalue weighted by Crippen LogP contribution is 2.20. The molecule has 0 fully saturated rings. The topological polar surface area (TPSA) is 88.2 Å². The van der Waals surface area contributed by atoms with Gasteiger partial charge in [-0.25, -0.2) is 8.78 Å². The van der Waals surface area contributed by atoms with E-state index in [9.17, 15) is 18.7 Å². The summed E-state index contributed by atoms with van der Waals surface area (Å²) in [5.41, 5.74) is 0.183. The largest absolute Gasteiger partial charge is 0.481 e. The first kappa shape index (κ1) is 15.4. The first-order valence-electron chi connectivity index (χ1n) is 5.82. The van der Waals surface area contributed by atoms with Crippen LogP contribution in [-0.4, -0.2) is 36.7 Å². The van der Waals surface area contributed by atoms with Crippen LogP contribution in [0.25, 0.3) is 0 Å². The number of carboxylic acid groups (broad SMARTS) is 1. The maximum atomic E-state index is 13.7. The summed E-state index contributed by atoms with van der Waals surface area (Å²) in [4.78, 5) is 10.6. The van der Waals surface area contributed by atoms with Gasteiger partial charge >= 0.3 is 5.97 Å². The fraction of sp³-hybridized carbons (Fsp3) is 0.250. The van der Waals surface area contributed by atoms with E-state index in [0.717, 1.165) is 23.9 Å². The van der Waals surface area contributed by atoms with E-state index in [1.165, 1.54) is 10.6 Å². The maximum absolute atomic E-state index is 13.7. The minimum Gasteiger partial charge on any atom is -0.481 e. The SMILES string of the molecule is O=C(O)CSc1nnc(CO)n1Cc1ccc(F)cc1F. The minimum atomic E-state index is -1.03. The molecule has 0 spiro atoms. The molecule has 1 aromatic carbocycles. The lowest BCUT2D eigenvalue weighted by molar-refractivity contribution is -0.133. The summed E-state index contributed by atoms with van der Waals surface area (Å²) >= 11 is 0.902. The zero-order valence-corrected chi connectivity index (χ0v) is 11.5. The van der Waals surface area contributed by atoms with Gasteiger partial charge in [-0.2, -0.15) is 0 Å². The number of nitrogens with zero attached hydrogens (tertiary/aromatic N) is 3. The number of carboxylic acids is 1. The van der Waals surface area contributed by atoms with Gasteiger partial charge in [-0.1, -0.05) is 17.8 Å². The molecule has 21 heavy (non-hydrogen) atoms. The lowest BCUT2D eigenvalue weighted by Gasteiger charge is -2.09. The van der Waals surface area contributed by atoms with E-state index in [1.807, 2.05) is 0 Å². The molecule has 2 N–H and O–H groups in total. The molecule has 0 amide bonds. The first-order valence-corrected chi connectivity index (χ1v) is 6.81. The molecule has 6 nitrogen and oxygen atoms in total. The number of aromatic nitrogens is 3. The van der Waals surface area contributed by atoms with Crippen molar-refractivity contribution in [3.05, 3.63) is 41.2 Å². The van der Waals surface area contributed by atoms with Crippen LogP contribution in [0.15, 0.2) is 23.4 Å². The Balaban J connectivity index is 2.28. The van der Waals surface area contributed by atoms with Gasteiger partial charge in [0, 0.05) is 11.6 Å². The summed E-state index contributed by atoms with van der Waals surface area (Å²) in [7, 11) is 0. The molecule has 0 radical (unpaired) electrons. The van der Waals surface area contributed by atoms with Gasteiger partial charge in [-0.15, -0.1) is 10.2 Å². The Kier molecular flexibility index (Phi) is 4.86. The molecule has 2 rings (SSSR count). The average molecular weight is 315 g/mol. The van der Waals surface area contributed by atoms with Crippen LogP contribution >= 0.6 is 11.8 Å². The summed E-state index contributed by atoms with van der Waals surface area (Å²) < 4.78 is 27.9. The highest BCUT2D eigenvalue weighted by Gasteiger charge is 2.15. The molecule has 0 bridgehead atoms. The standard InChI is InChI=1S/C12H11F2N3O3S/c13-8-2-1-7(9(14)3-8)4-17-10(5-18)15-16-12(17)21-6-11(19)20/h1-3,18H,4-6H2,(H,19,20). The number of aliphatic hydroxyl groups is 1. The highest BCUT2D eigenvalue weighted by molar-refractivity contribution is 7.99. The van der Waals surface area contributed by atoms with Crippen LogP contribution in [-0.2, 0) is 17.9 Å². The van der Waals surface area contributed by atoms with Crippen LogP contribution in [0.1, 0.15) is 11.4 Å². The molecule has 1 aromatic heterocycles. The van der Waals surface area contributed by atoms with Crippen LogP contribution < -0.4 is 0 Å². The number of halogens is 2. The molecule has 0 unspecified atom stereocenters. The Bertz CT molecular complexity index is 663. The van der Waals surface area contributed by atoms with E-state index >= 15 is 0 Å². The zero-order valence-electron chi connectivity index (χ0n) is 10.7. The minimum absolute atomic E-state index is 0.0308. The predicted octanol–water partition coefficient (Wildman–Crippen LogP) is 1.27. The van der Waals surface area contributed by atoms with E-state index in [4.69, 9.17) is 5.11 Å². The second-order valence-corrected chi connectivity index (χ2v) is 5.00. The number of thioether (sulfide) groups is 1. The van der Waals surface area contributed by atoms with Crippen molar-refractivity contribution in [3.63, 3.8) is 0 Å². The Morgan fingerprint density at radius 2 is 2.10 bits per heavy atom. The summed E-state index contributed by atoms with van der Waals surface area (Å²) in [5, 5.41) is 25.6. The molecular formula is C12H11F2N3O3S. The van der Waals surface area contributed by atoms with E-state index in [-0.39, 0.29) is 28.8 Å². The number of carbonyl (C=O) groups is 1. The highest BCUT2D eigenvalue weighted by atomic mass is 32.2. The lowest BCUT2D eigenvalue weighted by atomic mass is 10.2. The van der Waals surface area contributed by atoms with Gasteiger partial charge in [0.1, 0.15) is 18.2 Å². The van der Waals surface area contributed by atoms with Crippen LogP contribution in [0.3, 0.4) is 0 Å². The molecule has 0 saturated carbocycles. The molecule has 9 heteroatoms. The Labute approximate surface area is 122 Å². The summed E-state index contributed by atoms with van der Waals surface area (Å²) in [6, 6.07) is 3.14. The number of rotatable bonds is 6. The fourth-order valence-corrected chi connectivity index (χ4v) is 2.32. The van der Waals surface area contributed by atoms with Crippen molar-refractivity contribution >= 4 is 17.7 Å². The van der Waals surface area contributed by atoms with Gasteiger partial charge in [-0.05, 0) is 6.07 Å². The quantitative estimate of drug-likeness (QED) is 0.781. The summed E-state index contributed by atoms with van der Waals surface area (Å²) in [6.07, 6.45) is 0. The van der Waals surface area contributed by atoms with Crippen molar-refractivity contribution in [2.45, 2.75) is 18.3 Å². The van der Waals surface area contributed by atoms with E-state index < -0.39 is 24.2 Å². The van der Waals surface area contributed by atoms with E-state index in [0.29, 0.717) is 0 Å². The van der Waals surface area contributed by atoms with Crippen molar-refractivity contribution in [2.24, 2.45) is 0 Å². The molecule has 0 atom stereocenters. The number of hydrogen-bond acceptors (Lipinski definition) is 5.